The van der Waals surface area contributed by atoms with E-state index in [1.165, 1.54) is 0 Å². The molecular weight excluding hydrogens is 336 g/mol. The van der Waals surface area contributed by atoms with Gasteiger partial charge in [0, 0.05) is 43.3 Å². The predicted octanol–water partition coefficient (Wildman–Crippen LogP) is 4.52. The number of hydrogen-bond donors (Lipinski definition) is 1. The van der Waals surface area contributed by atoms with Crippen molar-refractivity contribution in [3.05, 3.63) is 78.5 Å². The summed E-state index contributed by atoms with van der Waals surface area (Å²) in [5.74, 6) is 0.929. The monoisotopic (exact) mass is 356 g/mol. The average Bonchev–Trinajstić information content (AvgIpc) is 3.06. The highest BCUT2D eigenvalue weighted by molar-refractivity contribution is 5.87. The summed E-state index contributed by atoms with van der Waals surface area (Å²) in [5, 5.41) is 10.0. The number of phenols is 1. The molecular formula is C22H20N4O. The van der Waals surface area contributed by atoms with Crippen LogP contribution in [0.2, 0.25) is 0 Å². The first-order chi connectivity index (χ1) is 13.1. The molecule has 0 saturated carbocycles. The topological polar surface area (TPSA) is 53.1 Å². The molecule has 0 radical (unpaired) electrons. The maximum atomic E-state index is 10.0. The van der Waals surface area contributed by atoms with Gasteiger partial charge in [-0.05, 0) is 36.4 Å². The number of rotatable bonds is 4. The number of pyridine rings is 1. The van der Waals surface area contributed by atoms with Crippen LogP contribution >= 0.6 is 0 Å². The maximum absolute atomic E-state index is 10.0. The van der Waals surface area contributed by atoms with Crippen molar-refractivity contribution in [1.29, 1.82) is 0 Å². The summed E-state index contributed by atoms with van der Waals surface area (Å²) in [5.41, 5.74) is 4.42. The number of benzene rings is 2. The molecule has 0 spiro atoms. The lowest BCUT2D eigenvalue weighted by Gasteiger charge is -2.12. The Hall–Kier alpha value is -3.60. The smallest absolute Gasteiger partial charge is 0.165 e. The number of phenolic OH excluding ortho intramolecular Hbond substituents is 1. The first-order valence-corrected chi connectivity index (χ1v) is 8.70. The van der Waals surface area contributed by atoms with Gasteiger partial charge in [0.25, 0.3) is 0 Å². The number of imidazole rings is 1. The number of aromatic nitrogens is 2. The molecule has 0 aliphatic carbocycles. The van der Waals surface area contributed by atoms with Crippen molar-refractivity contribution in [3.63, 3.8) is 0 Å². The van der Waals surface area contributed by atoms with E-state index in [-0.39, 0.29) is 5.75 Å². The molecule has 4 aromatic rings. The Morgan fingerprint density at radius 2 is 1.70 bits per heavy atom. The first-order valence-electron chi connectivity index (χ1n) is 8.70. The number of para-hydroxylation sites is 1. The van der Waals surface area contributed by atoms with Gasteiger partial charge in [-0.1, -0.05) is 30.3 Å². The van der Waals surface area contributed by atoms with Crippen LogP contribution in [0.1, 0.15) is 5.56 Å². The molecule has 5 nitrogen and oxygen atoms in total. The Kier molecular flexibility index (Phi) is 4.34. The van der Waals surface area contributed by atoms with E-state index in [1.807, 2.05) is 55.0 Å². The van der Waals surface area contributed by atoms with Crippen molar-refractivity contribution >= 4 is 23.4 Å². The van der Waals surface area contributed by atoms with E-state index in [1.54, 1.807) is 18.3 Å². The number of fused-ring (bicyclic) bond motifs is 1. The third kappa shape index (κ3) is 3.27. The van der Waals surface area contributed by atoms with Crippen LogP contribution in [0.15, 0.2) is 77.9 Å². The third-order valence-electron chi connectivity index (χ3n) is 4.42. The van der Waals surface area contributed by atoms with Crippen molar-refractivity contribution < 1.29 is 5.11 Å². The summed E-state index contributed by atoms with van der Waals surface area (Å²) in [7, 11) is 4.03. The van der Waals surface area contributed by atoms with Gasteiger partial charge < -0.3 is 10.0 Å². The fourth-order valence-corrected chi connectivity index (χ4v) is 2.94. The van der Waals surface area contributed by atoms with E-state index in [2.05, 4.69) is 34.2 Å². The lowest BCUT2D eigenvalue weighted by Crippen LogP contribution is -2.07. The van der Waals surface area contributed by atoms with Crippen molar-refractivity contribution in [1.82, 2.24) is 9.38 Å². The number of anilines is 1. The van der Waals surface area contributed by atoms with Crippen LogP contribution in [0.4, 0.5) is 11.5 Å². The number of aliphatic imine (C=N–C) groups is 1. The number of nitrogens with zero attached hydrogens (tertiary/aromatic N) is 4. The van der Waals surface area contributed by atoms with Gasteiger partial charge in [0.05, 0.1) is 0 Å². The van der Waals surface area contributed by atoms with Crippen molar-refractivity contribution in [2.75, 3.05) is 19.0 Å². The van der Waals surface area contributed by atoms with Crippen LogP contribution in [-0.4, -0.2) is 34.8 Å². The molecule has 0 unspecified atom stereocenters. The predicted molar refractivity (Wildman–Crippen MR) is 110 cm³/mol. The lowest BCUT2D eigenvalue weighted by molar-refractivity contribution is 0.474. The molecule has 4 rings (SSSR count). The van der Waals surface area contributed by atoms with Crippen LogP contribution < -0.4 is 4.90 Å². The Bertz CT molecular complexity index is 1110. The minimum absolute atomic E-state index is 0.201. The van der Waals surface area contributed by atoms with Crippen molar-refractivity contribution in [2.45, 2.75) is 0 Å². The molecule has 0 atom stereocenters. The molecule has 1 N–H and O–H groups in total. The van der Waals surface area contributed by atoms with Crippen LogP contribution in [0.25, 0.3) is 16.9 Å². The van der Waals surface area contributed by atoms with Crippen LogP contribution in [0, 0.1) is 0 Å². The molecule has 134 valence electrons. The zero-order valence-corrected chi connectivity index (χ0v) is 15.2. The molecule has 0 amide bonds. The van der Waals surface area contributed by atoms with E-state index in [0.717, 1.165) is 28.4 Å². The SMILES string of the molecule is CN(C)c1ccc(-c2nc3ccccn3c2N=Cc2ccccc2O)cc1. The summed E-state index contributed by atoms with van der Waals surface area (Å²) in [4.78, 5) is 11.5. The molecule has 5 heteroatoms. The molecule has 2 aromatic carbocycles. The fraction of sp³-hybridized carbons (Fsp3) is 0.0909. The standard InChI is InChI=1S/C22H20N4O/c1-25(2)18-12-10-16(11-13-18)21-22(26-14-6-5-9-20(26)24-21)23-15-17-7-3-4-8-19(17)27/h3-15,27H,1-2H3. The molecule has 0 aliphatic rings. The summed E-state index contributed by atoms with van der Waals surface area (Å²) >= 11 is 0. The van der Waals surface area contributed by atoms with E-state index in [9.17, 15) is 5.11 Å². The van der Waals surface area contributed by atoms with Crippen LogP contribution in [0.3, 0.4) is 0 Å². The zero-order valence-electron chi connectivity index (χ0n) is 15.2. The van der Waals surface area contributed by atoms with Gasteiger partial charge in [0.1, 0.15) is 17.1 Å². The van der Waals surface area contributed by atoms with Gasteiger partial charge >= 0.3 is 0 Å². The normalized spacial score (nSPS) is 11.3. The van der Waals surface area contributed by atoms with Gasteiger partial charge in [0.15, 0.2) is 5.82 Å². The summed E-state index contributed by atoms with van der Waals surface area (Å²) in [6.45, 7) is 0. The summed E-state index contributed by atoms with van der Waals surface area (Å²) in [6.07, 6.45) is 3.61. The van der Waals surface area contributed by atoms with Gasteiger partial charge in [-0.25, -0.2) is 9.98 Å². The van der Waals surface area contributed by atoms with Crippen LogP contribution in [0.5, 0.6) is 5.75 Å². The van der Waals surface area contributed by atoms with Gasteiger partial charge in [-0.3, -0.25) is 4.40 Å². The summed E-state index contributed by atoms with van der Waals surface area (Å²) < 4.78 is 1.95. The van der Waals surface area contributed by atoms with Crippen molar-refractivity contribution in [3.8, 4) is 17.0 Å². The van der Waals surface area contributed by atoms with Crippen LogP contribution in [-0.2, 0) is 0 Å². The second kappa shape index (κ2) is 6.96. The highest BCUT2D eigenvalue weighted by atomic mass is 16.3. The van der Waals surface area contributed by atoms with E-state index in [0.29, 0.717) is 5.56 Å². The quantitative estimate of drug-likeness (QED) is 0.547. The average molecular weight is 356 g/mol. The zero-order chi connectivity index (χ0) is 18.8. The Morgan fingerprint density at radius 3 is 2.44 bits per heavy atom. The molecule has 27 heavy (non-hydrogen) atoms. The second-order valence-electron chi connectivity index (χ2n) is 6.47. The second-order valence-corrected chi connectivity index (χ2v) is 6.47. The molecule has 0 bridgehead atoms. The summed E-state index contributed by atoms with van der Waals surface area (Å²) in [6, 6.07) is 21.2. The molecule has 2 heterocycles. The minimum Gasteiger partial charge on any atom is -0.507 e. The van der Waals surface area contributed by atoms with Gasteiger partial charge in [-0.15, -0.1) is 0 Å². The molecule has 2 aromatic heterocycles. The molecule has 0 fully saturated rings. The Labute approximate surface area is 157 Å². The largest absolute Gasteiger partial charge is 0.507 e. The minimum atomic E-state index is 0.201. The first kappa shape index (κ1) is 16.8. The fourth-order valence-electron chi connectivity index (χ4n) is 2.94. The molecule has 0 aliphatic heterocycles. The Balaban J connectivity index is 1.83. The van der Waals surface area contributed by atoms with Gasteiger partial charge in [0.2, 0.25) is 0 Å². The van der Waals surface area contributed by atoms with Crippen molar-refractivity contribution in [2.24, 2.45) is 4.99 Å². The van der Waals surface area contributed by atoms with Gasteiger partial charge in [-0.2, -0.15) is 0 Å². The number of hydrogen-bond acceptors (Lipinski definition) is 4. The van der Waals surface area contributed by atoms with E-state index < -0.39 is 0 Å². The van der Waals surface area contributed by atoms with E-state index in [4.69, 9.17) is 4.98 Å². The Morgan fingerprint density at radius 1 is 0.963 bits per heavy atom. The lowest BCUT2D eigenvalue weighted by atomic mass is 10.1. The highest BCUT2D eigenvalue weighted by Crippen LogP contribution is 2.32. The van der Waals surface area contributed by atoms with E-state index >= 15 is 0 Å². The molecule has 0 saturated heterocycles. The third-order valence-corrected chi connectivity index (χ3v) is 4.42. The maximum Gasteiger partial charge on any atom is 0.165 e. The number of aromatic hydroxyl groups is 1. The highest BCUT2D eigenvalue weighted by Gasteiger charge is 2.13.